The highest BCUT2D eigenvalue weighted by Crippen LogP contribution is 2.43. The van der Waals surface area contributed by atoms with Crippen molar-refractivity contribution in [2.24, 2.45) is 5.92 Å². The molecule has 2 heterocycles. The molecule has 2 aliphatic heterocycles. The first-order chi connectivity index (χ1) is 21.0. The van der Waals surface area contributed by atoms with Crippen molar-refractivity contribution in [2.45, 2.75) is 58.4 Å². The number of rotatable bonds is 6. The van der Waals surface area contributed by atoms with Crippen LogP contribution in [0.3, 0.4) is 0 Å². The maximum atomic E-state index is 14.4. The molecular weight excluding hydrogens is 593 g/mol. The summed E-state index contributed by atoms with van der Waals surface area (Å²) in [5.41, 5.74) is -1.27. The highest BCUT2D eigenvalue weighted by molar-refractivity contribution is 6.07. The molecule has 4 rings (SSSR count). The first kappa shape index (κ1) is 33.0. The van der Waals surface area contributed by atoms with E-state index in [1.54, 1.807) is 32.9 Å². The number of Topliss-reactive ketones (excluding diaryl/α,β-unsaturated/α-hetero) is 1. The molecule has 0 radical (unpaired) electrons. The van der Waals surface area contributed by atoms with Crippen LogP contribution in [0, 0.1) is 17.2 Å². The number of urea groups is 1. The number of nitrogens with zero attached hydrogens (tertiary/aromatic N) is 4. The fourth-order valence-electron chi connectivity index (χ4n) is 5.61. The number of nitriles is 1. The molecule has 2 aromatic rings. The number of hydrogen-bond donors (Lipinski definition) is 1. The van der Waals surface area contributed by atoms with Crippen LogP contribution in [-0.4, -0.2) is 64.0 Å². The van der Waals surface area contributed by atoms with Gasteiger partial charge in [-0.1, -0.05) is 18.2 Å². The zero-order chi connectivity index (χ0) is 33.3. The molecule has 10 nitrogen and oxygen atoms in total. The van der Waals surface area contributed by atoms with Gasteiger partial charge in [0.05, 0.1) is 28.9 Å². The van der Waals surface area contributed by atoms with Gasteiger partial charge in [-0.25, -0.2) is 9.59 Å². The number of amides is 3. The Morgan fingerprint density at radius 1 is 1.04 bits per heavy atom. The highest BCUT2D eigenvalue weighted by atomic mass is 19.4. The van der Waals surface area contributed by atoms with E-state index in [2.05, 4.69) is 0 Å². The molecule has 0 aromatic heterocycles. The number of ketones is 1. The van der Waals surface area contributed by atoms with Crippen LogP contribution < -0.4 is 4.90 Å². The number of ether oxygens (including phenoxy) is 1. The van der Waals surface area contributed by atoms with Gasteiger partial charge >= 0.3 is 24.3 Å². The lowest BCUT2D eigenvalue weighted by atomic mass is 9.81. The van der Waals surface area contributed by atoms with Gasteiger partial charge in [0, 0.05) is 30.3 Å². The third-order valence-corrected chi connectivity index (χ3v) is 7.66. The van der Waals surface area contributed by atoms with Gasteiger partial charge < -0.3 is 19.6 Å². The number of halogens is 3. The number of esters is 1. The van der Waals surface area contributed by atoms with Crippen LogP contribution in [0.25, 0.3) is 0 Å². The van der Waals surface area contributed by atoms with E-state index < -0.39 is 59.7 Å². The minimum atomic E-state index is -4.72. The molecule has 3 amide bonds. The second-order valence-corrected chi connectivity index (χ2v) is 11.9. The van der Waals surface area contributed by atoms with Crippen LogP contribution in [0.2, 0.25) is 0 Å². The zero-order valence-electron chi connectivity index (χ0n) is 25.2. The Morgan fingerprint density at radius 2 is 1.67 bits per heavy atom. The predicted octanol–water partition coefficient (Wildman–Crippen LogP) is 6.14. The molecule has 1 unspecified atom stereocenters. The predicted molar refractivity (Wildman–Crippen MR) is 156 cm³/mol. The summed E-state index contributed by atoms with van der Waals surface area (Å²) in [4.78, 5) is 56.5. The van der Waals surface area contributed by atoms with E-state index in [4.69, 9.17) is 4.74 Å². The molecular formula is C32H33F3N4O6. The summed E-state index contributed by atoms with van der Waals surface area (Å²) >= 11 is 0. The molecule has 0 aliphatic carbocycles. The van der Waals surface area contributed by atoms with Crippen molar-refractivity contribution in [3.05, 3.63) is 76.5 Å². The average molecular weight is 627 g/mol. The van der Waals surface area contributed by atoms with E-state index in [1.165, 1.54) is 30.0 Å². The van der Waals surface area contributed by atoms with Gasteiger partial charge in [-0.05, 0) is 76.4 Å². The number of carboxylic acid groups (broad SMARTS) is 1. The summed E-state index contributed by atoms with van der Waals surface area (Å²) < 4.78 is 46.6. The smallest absolute Gasteiger partial charge is 0.416 e. The molecule has 1 fully saturated rings. The Morgan fingerprint density at radius 3 is 2.20 bits per heavy atom. The van der Waals surface area contributed by atoms with Crippen molar-refractivity contribution in [1.29, 1.82) is 5.26 Å². The van der Waals surface area contributed by atoms with E-state index in [0.717, 1.165) is 28.0 Å². The van der Waals surface area contributed by atoms with Gasteiger partial charge in [0.15, 0.2) is 5.78 Å². The number of piperidine rings is 1. The Bertz CT molecular complexity index is 1560. The fourth-order valence-corrected chi connectivity index (χ4v) is 5.61. The maximum absolute atomic E-state index is 14.4. The number of carbonyl (C=O) groups is 4. The van der Waals surface area contributed by atoms with Gasteiger partial charge in [-0.2, -0.15) is 18.4 Å². The molecule has 0 saturated carbocycles. The van der Waals surface area contributed by atoms with Crippen molar-refractivity contribution in [1.82, 2.24) is 9.80 Å². The quantitative estimate of drug-likeness (QED) is 0.382. The number of alkyl halides is 3. The number of benzene rings is 2. The van der Waals surface area contributed by atoms with Crippen LogP contribution in [0.1, 0.15) is 63.3 Å². The van der Waals surface area contributed by atoms with E-state index in [1.807, 2.05) is 6.07 Å². The summed E-state index contributed by atoms with van der Waals surface area (Å²) in [6, 6.07) is 10.2. The highest BCUT2D eigenvalue weighted by Gasteiger charge is 2.45. The minimum Gasteiger partial charge on any atom is -0.465 e. The zero-order valence-corrected chi connectivity index (χ0v) is 25.2. The van der Waals surface area contributed by atoms with Crippen LogP contribution in [0.5, 0.6) is 0 Å². The van der Waals surface area contributed by atoms with E-state index in [9.17, 15) is 42.7 Å². The Hall–Kier alpha value is -4.86. The summed E-state index contributed by atoms with van der Waals surface area (Å²) in [6.07, 6.45) is -5.46. The molecule has 13 heteroatoms. The lowest BCUT2D eigenvalue weighted by Gasteiger charge is -2.44. The Labute approximate surface area is 258 Å². The lowest BCUT2D eigenvalue weighted by Crippen LogP contribution is -2.53. The monoisotopic (exact) mass is 626 g/mol. The molecule has 1 saturated heterocycles. The van der Waals surface area contributed by atoms with Crippen molar-refractivity contribution in [3.8, 4) is 6.07 Å². The molecule has 1 atom stereocenters. The summed E-state index contributed by atoms with van der Waals surface area (Å²) in [7, 11) is 0. The van der Waals surface area contributed by atoms with E-state index in [0.29, 0.717) is 11.1 Å². The van der Waals surface area contributed by atoms with Crippen LogP contribution in [0.15, 0.2) is 59.8 Å². The van der Waals surface area contributed by atoms with Crippen LogP contribution >= 0.6 is 0 Å². The molecule has 1 N–H and O–H groups in total. The maximum Gasteiger partial charge on any atom is 0.416 e. The summed E-state index contributed by atoms with van der Waals surface area (Å²) in [6.45, 7) is 5.92. The first-order valence-corrected chi connectivity index (χ1v) is 14.2. The average Bonchev–Trinajstić information content (AvgIpc) is 2.97. The van der Waals surface area contributed by atoms with Crippen molar-refractivity contribution >= 4 is 29.6 Å². The fraction of sp³-hybridized carbons (Fsp3) is 0.406. The van der Waals surface area contributed by atoms with Crippen LogP contribution in [-0.2, 0) is 20.5 Å². The number of allylic oxidation sites excluding steroid dienone is 1. The number of likely N-dealkylation sites (tertiary alicyclic amines) is 1. The van der Waals surface area contributed by atoms with Gasteiger partial charge in [-0.15, -0.1) is 0 Å². The number of anilines is 1. The molecule has 238 valence electrons. The molecule has 2 aliphatic rings. The van der Waals surface area contributed by atoms with Gasteiger partial charge in [-0.3, -0.25) is 14.5 Å². The standard InChI is InChI=1S/C32H33F3N4O6/c1-19-26(28(41)22-12-14-37(15-13-22)30(43)44)27(21-10-8-20(17-36)9-11-21)38(18-25(40)45-31(2,3)4)29(42)39(19)24-7-5-6-23(16-24)32(33,34)35/h5-11,16,22,27H,12-15,18H2,1-4H3,(H,43,44). The topological polar surface area (TPSA) is 131 Å². The third-order valence-electron chi connectivity index (χ3n) is 7.66. The van der Waals surface area contributed by atoms with Crippen molar-refractivity contribution in [3.63, 3.8) is 0 Å². The minimum absolute atomic E-state index is 0.0639. The Balaban J connectivity index is 1.92. The van der Waals surface area contributed by atoms with Crippen molar-refractivity contribution in [2.75, 3.05) is 24.5 Å². The second-order valence-electron chi connectivity index (χ2n) is 11.9. The molecule has 2 aromatic carbocycles. The van der Waals surface area contributed by atoms with Gasteiger partial charge in [0.1, 0.15) is 12.1 Å². The summed E-state index contributed by atoms with van der Waals surface area (Å²) in [5.74, 6) is -1.89. The van der Waals surface area contributed by atoms with Crippen LogP contribution in [0.4, 0.5) is 28.4 Å². The first-order valence-electron chi connectivity index (χ1n) is 14.2. The van der Waals surface area contributed by atoms with E-state index >= 15 is 0 Å². The van der Waals surface area contributed by atoms with E-state index in [-0.39, 0.29) is 42.9 Å². The SMILES string of the molecule is CC1=C(C(=O)C2CCN(C(=O)O)CC2)C(c2ccc(C#N)cc2)N(CC(=O)OC(C)(C)C)C(=O)N1c1cccc(C(F)(F)F)c1. The van der Waals surface area contributed by atoms with Gasteiger partial charge in [0.2, 0.25) is 0 Å². The molecule has 0 bridgehead atoms. The second kappa shape index (κ2) is 12.6. The third kappa shape index (κ3) is 7.28. The number of hydrogen-bond acceptors (Lipinski definition) is 6. The molecule has 0 spiro atoms. The van der Waals surface area contributed by atoms with Gasteiger partial charge in [0.25, 0.3) is 0 Å². The number of carbonyl (C=O) groups excluding carboxylic acids is 3. The lowest BCUT2D eigenvalue weighted by molar-refractivity contribution is -0.156. The normalized spacial score (nSPS) is 18.1. The van der Waals surface area contributed by atoms with Crippen molar-refractivity contribution < 1.29 is 42.2 Å². The summed E-state index contributed by atoms with van der Waals surface area (Å²) in [5, 5.41) is 18.7. The molecule has 45 heavy (non-hydrogen) atoms. The Kier molecular flexibility index (Phi) is 9.27. The largest absolute Gasteiger partial charge is 0.465 e.